The number of amides is 2. The minimum absolute atomic E-state index is 0.0931. The lowest BCUT2D eigenvalue weighted by molar-refractivity contribution is -0.122. The lowest BCUT2D eigenvalue weighted by Crippen LogP contribution is -2.28. The Balaban J connectivity index is 1.70. The van der Waals surface area contributed by atoms with Crippen LogP contribution in [0.25, 0.3) is 0 Å². The van der Waals surface area contributed by atoms with Crippen LogP contribution in [-0.4, -0.2) is 11.8 Å². The highest BCUT2D eigenvalue weighted by molar-refractivity contribution is 5.98. The Hall–Kier alpha value is -1.84. The zero-order valence-corrected chi connectivity index (χ0v) is 11.7. The number of hydrogen-bond donors (Lipinski definition) is 2. The Kier molecular flexibility index (Phi) is 3.47. The molecule has 4 heteroatoms. The Morgan fingerprint density at radius 1 is 0.950 bits per heavy atom. The van der Waals surface area contributed by atoms with Gasteiger partial charge in [-0.25, -0.2) is 0 Å². The lowest BCUT2D eigenvalue weighted by atomic mass is 9.85. The SMILES string of the molecule is Cc1c(NC(=O)C2CCC2)cccc1NC(=O)C1CC1. The number of rotatable bonds is 4. The summed E-state index contributed by atoms with van der Waals surface area (Å²) < 4.78 is 0. The number of hydrogen-bond acceptors (Lipinski definition) is 2. The smallest absolute Gasteiger partial charge is 0.227 e. The van der Waals surface area contributed by atoms with Crippen molar-refractivity contribution in [1.29, 1.82) is 0 Å². The summed E-state index contributed by atoms with van der Waals surface area (Å²) in [6.07, 6.45) is 5.10. The van der Waals surface area contributed by atoms with E-state index in [0.717, 1.165) is 49.0 Å². The first kappa shape index (κ1) is 13.2. The van der Waals surface area contributed by atoms with Gasteiger partial charge in [-0.3, -0.25) is 9.59 Å². The number of anilines is 2. The van der Waals surface area contributed by atoms with Gasteiger partial charge in [0.1, 0.15) is 0 Å². The molecule has 2 saturated carbocycles. The Labute approximate surface area is 118 Å². The van der Waals surface area contributed by atoms with Crippen molar-refractivity contribution in [3.8, 4) is 0 Å². The van der Waals surface area contributed by atoms with E-state index in [-0.39, 0.29) is 23.7 Å². The van der Waals surface area contributed by atoms with E-state index in [1.54, 1.807) is 0 Å². The van der Waals surface area contributed by atoms with Crippen LogP contribution in [0.4, 0.5) is 11.4 Å². The molecule has 2 fully saturated rings. The summed E-state index contributed by atoms with van der Waals surface area (Å²) >= 11 is 0. The highest BCUT2D eigenvalue weighted by Crippen LogP contribution is 2.32. The van der Waals surface area contributed by atoms with E-state index in [0.29, 0.717) is 0 Å². The molecule has 106 valence electrons. The van der Waals surface area contributed by atoms with E-state index in [4.69, 9.17) is 0 Å². The van der Waals surface area contributed by atoms with E-state index in [2.05, 4.69) is 10.6 Å². The molecule has 0 aromatic heterocycles. The molecule has 0 aliphatic heterocycles. The van der Waals surface area contributed by atoms with Crippen LogP contribution in [0.1, 0.15) is 37.7 Å². The molecule has 2 aliphatic carbocycles. The van der Waals surface area contributed by atoms with Crippen molar-refractivity contribution >= 4 is 23.2 Å². The number of benzene rings is 1. The number of carbonyl (C=O) groups excluding carboxylic acids is 2. The quantitative estimate of drug-likeness (QED) is 0.885. The Morgan fingerprint density at radius 2 is 1.45 bits per heavy atom. The van der Waals surface area contributed by atoms with Crippen molar-refractivity contribution in [2.75, 3.05) is 10.6 Å². The third-order valence-electron chi connectivity index (χ3n) is 4.27. The molecule has 0 saturated heterocycles. The van der Waals surface area contributed by atoms with Crippen LogP contribution in [0, 0.1) is 18.8 Å². The van der Waals surface area contributed by atoms with Gasteiger partial charge < -0.3 is 10.6 Å². The van der Waals surface area contributed by atoms with Gasteiger partial charge in [0.25, 0.3) is 0 Å². The molecule has 2 N–H and O–H groups in total. The first-order valence-corrected chi connectivity index (χ1v) is 7.36. The molecule has 0 spiro atoms. The molecule has 0 bridgehead atoms. The molecular formula is C16H20N2O2. The topological polar surface area (TPSA) is 58.2 Å². The fourth-order valence-electron chi connectivity index (χ4n) is 2.39. The minimum Gasteiger partial charge on any atom is -0.326 e. The highest BCUT2D eigenvalue weighted by Gasteiger charge is 2.30. The van der Waals surface area contributed by atoms with Crippen LogP contribution in [0.2, 0.25) is 0 Å². The van der Waals surface area contributed by atoms with Crippen molar-refractivity contribution < 1.29 is 9.59 Å². The maximum absolute atomic E-state index is 12.0. The van der Waals surface area contributed by atoms with Crippen LogP contribution in [0.15, 0.2) is 18.2 Å². The van der Waals surface area contributed by atoms with E-state index >= 15 is 0 Å². The zero-order valence-electron chi connectivity index (χ0n) is 11.7. The summed E-state index contributed by atoms with van der Waals surface area (Å²) in [7, 11) is 0. The average Bonchev–Trinajstić information content (AvgIpc) is 3.16. The maximum Gasteiger partial charge on any atom is 0.227 e. The zero-order chi connectivity index (χ0) is 14.1. The van der Waals surface area contributed by atoms with Crippen molar-refractivity contribution in [2.24, 2.45) is 11.8 Å². The van der Waals surface area contributed by atoms with Gasteiger partial charge in [-0.2, -0.15) is 0 Å². The molecule has 0 radical (unpaired) electrons. The average molecular weight is 272 g/mol. The van der Waals surface area contributed by atoms with Gasteiger partial charge in [-0.15, -0.1) is 0 Å². The Morgan fingerprint density at radius 3 is 1.85 bits per heavy atom. The molecule has 0 atom stereocenters. The first-order chi connectivity index (χ1) is 9.65. The number of carbonyl (C=O) groups is 2. The van der Waals surface area contributed by atoms with Crippen molar-refractivity contribution in [3.63, 3.8) is 0 Å². The van der Waals surface area contributed by atoms with Gasteiger partial charge in [0.15, 0.2) is 0 Å². The molecular weight excluding hydrogens is 252 g/mol. The normalized spacial score (nSPS) is 18.2. The van der Waals surface area contributed by atoms with Gasteiger partial charge in [0, 0.05) is 23.2 Å². The van der Waals surface area contributed by atoms with Gasteiger partial charge in [0.2, 0.25) is 11.8 Å². The predicted octanol–water partition coefficient (Wildman–Crippen LogP) is 3.08. The third-order valence-corrected chi connectivity index (χ3v) is 4.27. The Bertz CT molecular complexity index is 545. The van der Waals surface area contributed by atoms with Crippen LogP contribution >= 0.6 is 0 Å². The predicted molar refractivity (Wildman–Crippen MR) is 78.5 cm³/mol. The van der Waals surface area contributed by atoms with E-state index in [1.165, 1.54) is 0 Å². The standard InChI is InChI=1S/C16H20N2O2/c1-10-13(17-15(19)11-4-2-5-11)6-3-7-14(10)18-16(20)12-8-9-12/h3,6-7,11-12H,2,4-5,8-9H2,1H3,(H,17,19)(H,18,20). The molecule has 4 nitrogen and oxygen atoms in total. The van der Waals surface area contributed by atoms with Crippen LogP contribution < -0.4 is 10.6 Å². The van der Waals surface area contributed by atoms with E-state index < -0.39 is 0 Å². The fourth-order valence-corrected chi connectivity index (χ4v) is 2.39. The monoisotopic (exact) mass is 272 g/mol. The second-order valence-electron chi connectivity index (χ2n) is 5.86. The second kappa shape index (κ2) is 5.27. The summed E-state index contributed by atoms with van der Waals surface area (Å²) in [5.74, 6) is 0.544. The third kappa shape index (κ3) is 2.69. The van der Waals surface area contributed by atoms with Gasteiger partial charge in [-0.1, -0.05) is 12.5 Å². The largest absolute Gasteiger partial charge is 0.326 e. The number of nitrogens with one attached hydrogen (secondary N) is 2. The first-order valence-electron chi connectivity index (χ1n) is 7.36. The summed E-state index contributed by atoms with van der Waals surface area (Å²) in [5, 5.41) is 5.93. The fraction of sp³-hybridized carbons (Fsp3) is 0.500. The molecule has 1 aromatic rings. The van der Waals surface area contributed by atoms with Crippen molar-refractivity contribution in [3.05, 3.63) is 23.8 Å². The minimum atomic E-state index is 0.0931. The van der Waals surface area contributed by atoms with Crippen molar-refractivity contribution in [1.82, 2.24) is 0 Å². The lowest BCUT2D eigenvalue weighted by Gasteiger charge is -2.24. The summed E-state index contributed by atoms with van der Waals surface area (Å²) in [6, 6.07) is 5.64. The molecule has 3 rings (SSSR count). The molecule has 0 unspecified atom stereocenters. The summed E-state index contributed by atoms with van der Waals surface area (Å²) in [5.41, 5.74) is 2.53. The van der Waals surface area contributed by atoms with Crippen LogP contribution in [0.3, 0.4) is 0 Å². The second-order valence-corrected chi connectivity index (χ2v) is 5.86. The highest BCUT2D eigenvalue weighted by atomic mass is 16.2. The van der Waals surface area contributed by atoms with Crippen LogP contribution in [0.5, 0.6) is 0 Å². The van der Waals surface area contributed by atoms with Crippen molar-refractivity contribution in [2.45, 2.75) is 39.0 Å². The summed E-state index contributed by atoms with van der Waals surface area (Å²) in [4.78, 5) is 23.8. The molecule has 2 aliphatic rings. The van der Waals surface area contributed by atoms with Gasteiger partial charge >= 0.3 is 0 Å². The summed E-state index contributed by atoms with van der Waals surface area (Å²) in [6.45, 7) is 1.93. The van der Waals surface area contributed by atoms with Gasteiger partial charge in [0.05, 0.1) is 0 Å². The maximum atomic E-state index is 12.0. The molecule has 20 heavy (non-hydrogen) atoms. The molecule has 2 amide bonds. The molecule has 0 heterocycles. The van der Waals surface area contributed by atoms with Crippen LogP contribution in [-0.2, 0) is 9.59 Å². The van der Waals surface area contributed by atoms with Gasteiger partial charge in [-0.05, 0) is 50.3 Å². The van der Waals surface area contributed by atoms with E-state index in [1.807, 2.05) is 25.1 Å². The molecule has 1 aromatic carbocycles. The van der Waals surface area contributed by atoms with E-state index in [9.17, 15) is 9.59 Å².